The summed E-state index contributed by atoms with van der Waals surface area (Å²) in [6.45, 7) is 7.77. The normalized spacial score (nSPS) is 13.2. The first-order valence-corrected chi connectivity index (χ1v) is 7.05. The lowest BCUT2D eigenvalue weighted by molar-refractivity contribution is 0.245. The Morgan fingerprint density at radius 1 is 1.50 bits per heavy atom. The fourth-order valence-corrected chi connectivity index (χ4v) is 2.41. The van der Waals surface area contributed by atoms with E-state index in [0.717, 1.165) is 19.6 Å². The number of thiophene rings is 1. The van der Waals surface area contributed by atoms with Gasteiger partial charge in [-0.2, -0.15) is 0 Å². The van der Waals surface area contributed by atoms with E-state index in [2.05, 4.69) is 48.6 Å². The van der Waals surface area contributed by atoms with E-state index >= 15 is 0 Å². The third-order valence-corrected chi connectivity index (χ3v) is 3.86. The molecule has 1 rings (SSSR count). The average molecular weight is 240 g/mol. The van der Waals surface area contributed by atoms with Crippen LogP contribution in [-0.2, 0) is 6.54 Å². The molecule has 1 aromatic heterocycles. The molecular formula is C13H24N2S. The first-order valence-electron chi connectivity index (χ1n) is 6.17. The number of hydrogen-bond donors (Lipinski definition) is 1. The number of nitrogens with zero attached hydrogens (tertiary/aromatic N) is 1. The molecule has 0 fully saturated rings. The van der Waals surface area contributed by atoms with E-state index in [1.54, 1.807) is 0 Å². The Bertz CT molecular complexity index is 259. The molecule has 2 nitrogen and oxygen atoms in total. The molecule has 0 spiro atoms. The van der Waals surface area contributed by atoms with Crippen LogP contribution in [0.1, 0.15) is 31.6 Å². The molecule has 0 amide bonds. The molecule has 0 aliphatic carbocycles. The molecule has 1 unspecified atom stereocenters. The highest BCUT2D eigenvalue weighted by Gasteiger charge is 2.06. The van der Waals surface area contributed by atoms with Gasteiger partial charge in [0.15, 0.2) is 0 Å². The van der Waals surface area contributed by atoms with Crippen molar-refractivity contribution in [1.82, 2.24) is 10.2 Å². The quantitative estimate of drug-likeness (QED) is 0.703. The summed E-state index contributed by atoms with van der Waals surface area (Å²) in [6.07, 6.45) is 2.57. The largest absolute Gasteiger partial charge is 0.311 e. The molecule has 92 valence electrons. The Morgan fingerprint density at radius 2 is 2.31 bits per heavy atom. The molecule has 1 atom stereocenters. The Labute approximate surface area is 104 Å². The first-order chi connectivity index (χ1) is 7.74. The van der Waals surface area contributed by atoms with Crippen LogP contribution in [0, 0.1) is 0 Å². The molecule has 0 radical (unpaired) electrons. The van der Waals surface area contributed by atoms with Crippen molar-refractivity contribution in [2.75, 3.05) is 20.1 Å². The molecule has 0 bridgehead atoms. The SMILES string of the molecule is CCCC(C)N(C)CCNCc1cccs1. The zero-order valence-electron chi connectivity index (χ0n) is 10.7. The van der Waals surface area contributed by atoms with Gasteiger partial charge in [0.2, 0.25) is 0 Å². The van der Waals surface area contributed by atoms with Crippen LogP contribution in [0.3, 0.4) is 0 Å². The van der Waals surface area contributed by atoms with Gasteiger partial charge in [0.25, 0.3) is 0 Å². The highest BCUT2D eigenvalue weighted by Crippen LogP contribution is 2.07. The van der Waals surface area contributed by atoms with Crippen LogP contribution in [0.4, 0.5) is 0 Å². The van der Waals surface area contributed by atoms with Crippen LogP contribution in [0.15, 0.2) is 17.5 Å². The van der Waals surface area contributed by atoms with Crippen molar-refractivity contribution in [1.29, 1.82) is 0 Å². The lowest BCUT2D eigenvalue weighted by Crippen LogP contribution is -2.35. The van der Waals surface area contributed by atoms with E-state index in [1.165, 1.54) is 17.7 Å². The Hall–Kier alpha value is -0.380. The lowest BCUT2D eigenvalue weighted by Gasteiger charge is -2.24. The Balaban J connectivity index is 2.06. The van der Waals surface area contributed by atoms with Crippen LogP contribution in [0.25, 0.3) is 0 Å². The molecule has 0 saturated carbocycles. The van der Waals surface area contributed by atoms with E-state index in [1.807, 2.05) is 11.3 Å². The van der Waals surface area contributed by atoms with Crippen LogP contribution in [0.2, 0.25) is 0 Å². The second-order valence-electron chi connectivity index (χ2n) is 4.37. The van der Waals surface area contributed by atoms with Gasteiger partial charge in [-0.1, -0.05) is 19.4 Å². The molecule has 0 saturated heterocycles. The molecule has 1 N–H and O–H groups in total. The van der Waals surface area contributed by atoms with Gasteiger partial charge in [-0.25, -0.2) is 0 Å². The number of likely N-dealkylation sites (N-methyl/N-ethyl adjacent to an activating group) is 1. The van der Waals surface area contributed by atoms with E-state index in [0.29, 0.717) is 6.04 Å². The van der Waals surface area contributed by atoms with Gasteiger partial charge >= 0.3 is 0 Å². The summed E-state index contributed by atoms with van der Waals surface area (Å²) < 4.78 is 0. The summed E-state index contributed by atoms with van der Waals surface area (Å²) in [5.74, 6) is 0. The smallest absolute Gasteiger partial charge is 0.0300 e. The highest BCUT2D eigenvalue weighted by molar-refractivity contribution is 7.09. The second-order valence-corrected chi connectivity index (χ2v) is 5.41. The Morgan fingerprint density at radius 3 is 2.94 bits per heavy atom. The van der Waals surface area contributed by atoms with Gasteiger partial charge in [0.1, 0.15) is 0 Å². The van der Waals surface area contributed by atoms with Crippen LogP contribution < -0.4 is 5.32 Å². The van der Waals surface area contributed by atoms with Crippen molar-refractivity contribution in [2.45, 2.75) is 39.3 Å². The molecule has 1 aromatic rings. The number of hydrogen-bond acceptors (Lipinski definition) is 3. The van der Waals surface area contributed by atoms with Crippen molar-refractivity contribution in [3.63, 3.8) is 0 Å². The van der Waals surface area contributed by atoms with Crippen LogP contribution >= 0.6 is 11.3 Å². The van der Waals surface area contributed by atoms with E-state index in [9.17, 15) is 0 Å². The van der Waals surface area contributed by atoms with E-state index in [-0.39, 0.29) is 0 Å². The molecule has 3 heteroatoms. The topological polar surface area (TPSA) is 15.3 Å². The van der Waals surface area contributed by atoms with Gasteiger partial charge in [-0.15, -0.1) is 11.3 Å². The minimum Gasteiger partial charge on any atom is -0.311 e. The monoisotopic (exact) mass is 240 g/mol. The first kappa shape index (κ1) is 13.7. The predicted molar refractivity (Wildman–Crippen MR) is 73.0 cm³/mol. The minimum atomic E-state index is 0.702. The summed E-state index contributed by atoms with van der Waals surface area (Å²) in [5, 5.41) is 5.62. The fraction of sp³-hybridized carbons (Fsp3) is 0.692. The van der Waals surface area contributed by atoms with E-state index < -0.39 is 0 Å². The Kier molecular flexibility index (Phi) is 6.69. The average Bonchev–Trinajstić information content (AvgIpc) is 2.77. The van der Waals surface area contributed by atoms with Crippen molar-refractivity contribution < 1.29 is 0 Å². The lowest BCUT2D eigenvalue weighted by atomic mass is 10.2. The third kappa shape index (κ3) is 5.10. The maximum atomic E-state index is 3.48. The summed E-state index contributed by atoms with van der Waals surface area (Å²) in [7, 11) is 2.22. The molecule has 0 aromatic carbocycles. The maximum Gasteiger partial charge on any atom is 0.0300 e. The van der Waals surface area contributed by atoms with Crippen molar-refractivity contribution in [3.8, 4) is 0 Å². The van der Waals surface area contributed by atoms with Crippen LogP contribution in [0.5, 0.6) is 0 Å². The molecule has 0 aliphatic heterocycles. The standard InChI is InChI=1S/C13H24N2S/c1-4-6-12(2)15(3)9-8-14-11-13-7-5-10-16-13/h5,7,10,12,14H,4,6,8-9,11H2,1-3H3. The highest BCUT2D eigenvalue weighted by atomic mass is 32.1. The predicted octanol–water partition coefficient (Wildman–Crippen LogP) is 2.96. The second kappa shape index (κ2) is 7.82. The zero-order valence-corrected chi connectivity index (χ0v) is 11.5. The van der Waals surface area contributed by atoms with Gasteiger partial charge < -0.3 is 10.2 Å². The van der Waals surface area contributed by atoms with Gasteiger partial charge in [-0.05, 0) is 31.8 Å². The summed E-state index contributed by atoms with van der Waals surface area (Å²) >= 11 is 1.82. The summed E-state index contributed by atoms with van der Waals surface area (Å²) in [6, 6.07) is 4.99. The molecule has 16 heavy (non-hydrogen) atoms. The molecular weight excluding hydrogens is 216 g/mol. The minimum absolute atomic E-state index is 0.702. The molecule has 0 aliphatic rings. The van der Waals surface area contributed by atoms with Gasteiger partial charge in [0, 0.05) is 30.6 Å². The number of nitrogens with one attached hydrogen (secondary N) is 1. The molecule has 1 heterocycles. The zero-order chi connectivity index (χ0) is 11.8. The van der Waals surface area contributed by atoms with Gasteiger partial charge in [-0.3, -0.25) is 0 Å². The summed E-state index contributed by atoms with van der Waals surface area (Å²) in [5.41, 5.74) is 0. The van der Waals surface area contributed by atoms with Crippen molar-refractivity contribution >= 4 is 11.3 Å². The number of rotatable bonds is 8. The van der Waals surface area contributed by atoms with Gasteiger partial charge in [0.05, 0.1) is 0 Å². The van der Waals surface area contributed by atoms with Crippen molar-refractivity contribution in [2.24, 2.45) is 0 Å². The third-order valence-electron chi connectivity index (χ3n) is 2.98. The fourth-order valence-electron chi connectivity index (χ4n) is 1.74. The van der Waals surface area contributed by atoms with Crippen molar-refractivity contribution in [3.05, 3.63) is 22.4 Å². The van der Waals surface area contributed by atoms with Crippen LogP contribution in [-0.4, -0.2) is 31.1 Å². The maximum absolute atomic E-state index is 3.48. The van der Waals surface area contributed by atoms with E-state index in [4.69, 9.17) is 0 Å². The summed E-state index contributed by atoms with van der Waals surface area (Å²) in [4.78, 5) is 3.86.